The molecule has 2 amide bonds. The van der Waals surface area contributed by atoms with Crippen molar-refractivity contribution in [2.75, 3.05) is 38.5 Å². The van der Waals surface area contributed by atoms with Crippen LogP contribution in [0.5, 0.6) is 0 Å². The predicted octanol–water partition coefficient (Wildman–Crippen LogP) is 2.60. The minimum atomic E-state index is -0.123. The zero-order valence-electron chi connectivity index (χ0n) is 15.5. The van der Waals surface area contributed by atoms with E-state index in [2.05, 4.69) is 11.9 Å². The number of anilines is 1. The van der Waals surface area contributed by atoms with E-state index < -0.39 is 0 Å². The van der Waals surface area contributed by atoms with Crippen LogP contribution < -0.4 is 5.32 Å². The van der Waals surface area contributed by atoms with E-state index >= 15 is 0 Å². The van der Waals surface area contributed by atoms with Gasteiger partial charge in [0.05, 0.1) is 13.1 Å². The highest BCUT2D eigenvalue weighted by Gasteiger charge is 2.16. The molecular weight excluding hydrogens is 302 g/mol. The summed E-state index contributed by atoms with van der Waals surface area (Å²) >= 11 is 0. The van der Waals surface area contributed by atoms with Gasteiger partial charge in [0.25, 0.3) is 0 Å². The molecule has 0 aliphatic carbocycles. The zero-order chi connectivity index (χ0) is 18.3. The number of nitrogens with one attached hydrogen (secondary N) is 1. The van der Waals surface area contributed by atoms with Crippen LogP contribution in [0, 0.1) is 13.8 Å². The highest BCUT2D eigenvalue weighted by Crippen LogP contribution is 2.17. The third-order valence-corrected chi connectivity index (χ3v) is 3.89. The molecule has 0 aliphatic heterocycles. The quantitative estimate of drug-likeness (QED) is 0.745. The molecule has 5 nitrogen and oxygen atoms in total. The number of carbonyl (C=O) groups excluding carboxylic acids is 2. The molecule has 0 spiro atoms. The maximum atomic E-state index is 12.3. The molecule has 0 aliphatic rings. The minimum Gasteiger partial charge on any atom is -0.338 e. The van der Waals surface area contributed by atoms with Crippen LogP contribution in [0.2, 0.25) is 0 Å². The topological polar surface area (TPSA) is 52.7 Å². The molecule has 1 aromatic rings. The lowest BCUT2D eigenvalue weighted by Crippen LogP contribution is -2.42. The maximum Gasteiger partial charge on any atom is 0.238 e. The third-order valence-electron chi connectivity index (χ3n) is 3.89. The number of hydrogen-bond acceptors (Lipinski definition) is 3. The summed E-state index contributed by atoms with van der Waals surface area (Å²) in [5.74, 6) is -0.121. The zero-order valence-corrected chi connectivity index (χ0v) is 15.5. The van der Waals surface area contributed by atoms with Gasteiger partial charge >= 0.3 is 0 Å². The number of likely N-dealkylation sites (N-methyl/N-ethyl adjacent to an activating group) is 2. The summed E-state index contributed by atoms with van der Waals surface area (Å²) in [5.41, 5.74) is 3.95. The van der Waals surface area contributed by atoms with E-state index in [1.165, 1.54) is 0 Å². The SMILES string of the molecule is C=C(C)CN(CC)C(=O)CN(C)CC(=O)Nc1cccc(C)c1C. The van der Waals surface area contributed by atoms with Crippen molar-refractivity contribution in [2.24, 2.45) is 0 Å². The second kappa shape index (κ2) is 9.23. The summed E-state index contributed by atoms with van der Waals surface area (Å²) in [6.45, 7) is 13.2. The third kappa shape index (κ3) is 6.16. The Bertz CT molecular complexity index is 611. The van der Waals surface area contributed by atoms with Gasteiger partial charge in [-0.3, -0.25) is 14.5 Å². The van der Waals surface area contributed by atoms with Crippen LogP contribution in [0.3, 0.4) is 0 Å². The second-order valence-electron chi connectivity index (χ2n) is 6.33. The highest BCUT2D eigenvalue weighted by molar-refractivity contribution is 5.93. The number of nitrogens with zero attached hydrogens (tertiary/aromatic N) is 2. The van der Waals surface area contributed by atoms with Crippen LogP contribution in [-0.2, 0) is 9.59 Å². The Kier molecular flexibility index (Phi) is 7.65. The summed E-state index contributed by atoms with van der Waals surface area (Å²) in [5, 5.41) is 2.91. The Hall–Kier alpha value is -2.14. The Morgan fingerprint density at radius 2 is 1.83 bits per heavy atom. The van der Waals surface area contributed by atoms with Crippen molar-refractivity contribution in [1.82, 2.24) is 9.80 Å². The Morgan fingerprint density at radius 3 is 2.42 bits per heavy atom. The number of benzene rings is 1. The monoisotopic (exact) mass is 331 g/mol. The van der Waals surface area contributed by atoms with E-state index in [0.29, 0.717) is 13.1 Å². The number of carbonyl (C=O) groups is 2. The molecule has 1 aromatic carbocycles. The normalized spacial score (nSPS) is 10.6. The molecule has 0 bridgehead atoms. The minimum absolute atomic E-state index is 0.00235. The molecule has 1 N–H and O–H groups in total. The van der Waals surface area contributed by atoms with Gasteiger partial charge in [-0.25, -0.2) is 0 Å². The van der Waals surface area contributed by atoms with E-state index in [1.54, 1.807) is 16.8 Å². The molecule has 0 heterocycles. The summed E-state index contributed by atoms with van der Waals surface area (Å²) in [7, 11) is 1.77. The molecule has 24 heavy (non-hydrogen) atoms. The fourth-order valence-corrected chi connectivity index (χ4v) is 2.41. The first kappa shape index (κ1) is 19.9. The van der Waals surface area contributed by atoms with Gasteiger partial charge in [-0.05, 0) is 51.9 Å². The van der Waals surface area contributed by atoms with Gasteiger partial charge in [0.15, 0.2) is 0 Å². The van der Waals surface area contributed by atoms with Crippen molar-refractivity contribution >= 4 is 17.5 Å². The number of aryl methyl sites for hydroxylation is 1. The maximum absolute atomic E-state index is 12.3. The average molecular weight is 331 g/mol. The molecule has 0 aromatic heterocycles. The van der Waals surface area contributed by atoms with Crippen LogP contribution in [0.15, 0.2) is 30.4 Å². The first-order valence-corrected chi connectivity index (χ1v) is 8.21. The molecule has 0 fully saturated rings. The number of amides is 2. The van der Waals surface area contributed by atoms with Gasteiger partial charge < -0.3 is 10.2 Å². The standard InChI is InChI=1S/C19H29N3O2/c1-7-22(11-14(2)3)19(24)13-21(6)12-18(23)20-17-10-8-9-15(4)16(17)5/h8-10H,2,7,11-13H2,1,3-6H3,(H,20,23). The van der Waals surface area contributed by atoms with Gasteiger partial charge in [-0.1, -0.05) is 24.3 Å². The van der Waals surface area contributed by atoms with Gasteiger partial charge in [-0.15, -0.1) is 0 Å². The molecular formula is C19H29N3O2. The lowest BCUT2D eigenvalue weighted by Gasteiger charge is -2.24. The van der Waals surface area contributed by atoms with Crippen molar-refractivity contribution in [3.8, 4) is 0 Å². The lowest BCUT2D eigenvalue weighted by atomic mass is 10.1. The number of hydrogen-bond donors (Lipinski definition) is 1. The van der Waals surface area contributed by atoms with Crippen molar-refractivity contribution in [2.45, 2.75) is 27.7 Å². The smallest absolute Gasteiger partial charge is 0.238 e. The van der Waals surface area contributed by atoms with E-state index in [0.717, 1.165) is 22.4 Å². The summed E-state index contributed by atoms with van der Waals surface area (Å²) in [4.78, 5) is 27.9. The van der Waals surface area contributed by atoms with Crippen LogP contribution in [0.4, 0.5) is 5.69 Å². The summed E-state index contributed by atoms with van der Waals surface area (Å²) in [6.07, 6.45) is 0. The van der Waals surface area contributed by atoms with Crippen LogP contribution >= 0.6 is 0 Å². The molecule has 132 valence electrons. The molecule has 5 heteroatoms. The first-order chi connectivity index (χ1) is 11.2. The van der Waals surface area contributed by atoms with Gasteiger partial charge in [0, 0.05) is 18.8 Å². The van der Waals surface area contributed by atoms with E-state index in [9.17, 15) is 9.59 Å². The largest absolute Gasteiger partial charge is 0.338 e. The fraction of sp³-hybridized carbons (Fsp3) is 0.474. The molecule has 0 saturated heterocycles. The van der Waals surface area contributed by atoms with Gasteiger partial charge in [-0.2, -0.15) is 0 Å². The number of rotatable bonds is 8. The van der Waals surface area contributed by atoms with E-state index in [4.69, 9.17) is 0 Å². The average Bonchev–Trinajstić information content (AvgIpc) is 2.48. The molecule has 1 rings (SSSR count). The van der Waals surface area contributed by atoms with Crippen molar-refractivity contribution in [3.05, 3.63) is 41.5 Å². The van der Waals surface area contributed by atoms with Crippen molar-refractivity contribution < 1.29 is 9.59 Å². The fourth-order valence-electron chi connectivity index (χ4n) is 2.41. The predicted molar refractivity (Wildman–Crippen MR) is 99.1 cm³/mol. The van der Waals surface area contributed by atoms with Crippen LogP contribution in [0.1, 0.15) is 25.0 Å². The van der Waals surface area contributed by atoms with E-state index in [-0.39, 0.29) is 24.9 Å². The Labute approximate surface area is 145 Å². The van der Waals surface area contributed by atoms with Crippen molar-refractivity contribution in [1.29, 1.82) is 0 Å². The van der Waals surface area contributed by atoms with Crippen LogP contribution in [0.25, 0.3) is 0 Å². The van der Waals surface area contributed by atoms with Crippen molar-refractivity contribution in [3.63, 3.8) is 0 Å². The molecule has 0 radical (unpaired) electrons. The molecule has 0 atom stereocenters. The first-order valence-electron chi connectivity index (χ1n) is 8.21. The lowest BCUT2D eigenvalue weighted by molar-refractivity contribution is -0.131. The van der Waals surface area contributed by atoms with Crippen LogP contribution in [-0.4, -0.2) is 54.8 Å². The molecule has 0 saturated carbocycles. The van der Waals surface area contributed by atoms with Gasteiger partial charge in [0.2, 0.25) is 11.8 Å². The Balaban J connectivity index is 2.56. The van der Waals surface area contributed by atoms with Gasteiger partial charge in [0.1, 0.15) is 0 Å². The molecule has 0 unspecified atom stereocenters. The summed E-state index contributed by atoms with van der Waals surface area (Å²) < 4.78 is 0. The Morgan fingerprint density at radius 1 is 1.17 bits per heavy atom. The summed E-state index contributed by atoms with van der Waals surface area (Å²) in [6, 6.07) is 5.82. The second-order valence-corrected chi connectivity index (χ2v) is 6.33. The highest BCUT2D eigenvalue weighted by atomic mass is 16.2. The van der Waals surface area contributed by atoms with E-state index in [1.807, 2.05) is 45.9 Å².